The van der Waals surface area contributed by atoms with E-state index in [0.717, 1.165) is 11.1 Å². The number of nitrogens with one attached hydrogen (secondary N) is 1. The van der Waals surface area contributed by atoms with Crippen LogP contribution in [0.3, 0.4) is 0 Å². The molecule has 20 heavy (non-hydrogen) atoms. The molecule has 106 valence electrons. The molecule has 1 aromatic carbocycles. The van der Waals surface area contributed by atoms with Crippen molar-refractivity contribution >= 4 is 11.8 Å². The van der Waals surface area contributed by atoms with Gasteiger partial charge in [-0.2, -0.15) is 0 Å². The standard InChI is InChI=1S/C15H19N3O2/c1-2-7-17-9-14(19)18-10-12-6-4-3-5-11(12)8-13(18)15(16)20/h2-6,13,17H,1,7-10H2,(H2,16,20)/t13-/m0/s1. The van der Waals surface area contributed by atoms with E-state index in [0.29, 0.717) is 19.5 Å². The van der Waals surface area contributed by atoms with Crippen LogP contribution in [0.1, 0.15) is 11.1 Å². The lowest BCUT2D eigenvalue weighted by atomic mass is 9.93. The number of benzene rings is 1. The van der Waals surface area contributed by atoms with Crippen LogP contribution in [0, 0.1) is 0 Å². The zero-order valence-corrected chi connectivity index (χ0v) is 11.3. The van der Waals surface area contributed by atoms with Crippen LogP contribution in [0.4, 0.5) is 0 Å². The molecule has 0 spiro atoms. The fourth-order valence-electron chi connectivity index (χ4n) is 2.42. The van der Waals surface area contributed by atoms with Gasteiger partial charge in [-0.1, -0.05) is 30.3 Å². The van der Waals surface area contributed by atoms with E-state index in [1.165, 1.54) is 0 Å². The fraction of sp³-hybridized carbons (Fsp3) is 0.333. The highest BCUT2D eigenvalue weighted by Gasteiger charge is 2.32. The molecule has 1 heterocycles. The molecule has 0 saturated carbocycles. The summed E-state index contributed by atoms with van der Waals surface area (Å²) in [4.78, 5) is 25.4. The Hall–Kier alpha value is -2.14. The molecule has 0 bridgehead atoms. The maximum absolute atomic E-state index is 12.2. The minimum atomic E-state index is -0.567. The summed E-state index contributed by atoms with van der Waals surface area (Å²) in [6, 6.07) is 7.25. The third-order valence-electron chi connectivity index (χ3n) is 3.46. The molecule has 1 aliphatic heterocycles. The summed E-state index contributed by atoms with van der Waals surface area (Å²) >= 11 is 0. The van der Waals surface area contributed by atoms with Crippen LogP contribution in [-0.4, -0.2) is 35.8 Å². The van der Waals surface area contributed by atoms with Gasteiger partial charge in [-0.15, -0.1) is 6.58 Å². The Balaban J connectivity index is 2.15. The minimum Gasteiger partial charge on any atom is -0.368 e. The number of carbonyl (C=O) groups is 2. The van der Waals surface area contributed by atoms with Crippen molar-refractivity contribution in [1.29, 1.82) is 0 Å². The summed E-state index contributed by atoms with van der Waals surface area (Å²) in [5.74, 6) is -0.582. The van der Waals surface area contributed by atoms with Gasteiger partial charge in [0.2, 0.25) is 11.8 Å². The van der Waals surface area contributed by atoms with E-state index in [2.05, 4.69) is 11.9 Å². The topological polar surface area (TPSA) is 75.4 Å². The summed E-state index contributed by atoms with van der Waals surface area (Å²) in [6.45, 7) is 4.74. The van der Waals surface area contributed by atoms with Gasteiger partial charge in [0.15, 0.2) is 0 Å². The second-order valence-electron chi connectivity index (χ2n) is 4.83. The van der Waals surface area contributed by atoms with Crippen LogP contribution in [0.15, 0.2) is 36.9 Å². The van der Waals surface area contributed by atoms with Crippen LogP contribution in [0.25, 0.3) is 0 Å². The smallest absolute Gasteiger partial charge is 0.240 e. The van der Waals surface area contributed by atoms with E-state index in [1.807, 2.05) is 24.3 Å². The highest BCUT2D eigenvalue weighted by Crippen LogP contribution is 2.23. The first kappa shape index (κ1) is 14.3. The predicted molar refractivity (Wildman–Crippen MR) is 76.7 cm³/mol. The molecule has 1 atom stereocenters. The van der Waals surface area contributed by atoms with Crippen molar-refractivity contribution in [2.75, 3.05) is 13.1 Å². The Morgan fingerprint density at radius 2 is 2.10 bits per heavy atom. The second kappa shape index (κ2) is 6.34. The van der Waals surface area contributed by atoms with Gasteiger partial charge in [-0.3, -0.25) is 9.59 Å². The summed E-state index contributed by atoms with van der Waals surface area (Å²) in [6.07, 6.45) is 2.17. The lowest BCUT2D eigenvalue weighted by molar-refractivity contribution is -0.139. The van der Waals surface area contributed by atoms with Crippen molar-refractivity contribution in [3.63, 3.8) is 0 Å². The maximum Gasteiger partial charge on any atom is 0.240 e. The number of nitrogens with two attached hydrogens (primary N) is 1. The third kappa shape index (κ3) is 3.05. The number of fused-ring (bicyclic) bond motifs is 1. The SMILES string of the molecule is C=CCNCC(=O)N1Cc2ccccc2C[C@H]1C(N)=O. The van der Waals surface area contributed by atoms with Gasteiger partial charge in [0.1, 0.15) is 6.04 Å². The van der Waals surface area contributed by atoms with Crippen LogP contribution in [-0.2, 0) is 22.6 Å². The van der Waals surface area contributed by atoms with Gasteiger partial charge in [0.05, 0.1) is 6.54 Å². The zero-order valence-electron chi connectivity index (χ0n) is 11.3. The van der Waals surface area contributed by atoms with Crippen molar-refractivity contribution < 1.29 is 9.59 Å². The number of rotatable bonds is 5. The van der Waals surface area contributed by atoms with E-state index < -0.39 is 11.9 Å². The van der Waals surface area contributed by atoms with Crippen LogP contribution >= 0.6 is 0 Å². The van der Waals surface area contributed by atoms with E-state index in [-0.39, 0.29) is 12.5 Å². The Labute approximate surface area is 118 Å². The van der Waals surface area contributed by atoms with Crippen LogP contribution in [0.2, 0.25) is 0 Å². The summed E-state index contributed by atoms with van der Waals surface area (Å²) in [7, 11) is 0. The molecule has 0 unspecified atom stereocenters. The molecule has 3 N–H and O–H groups in total. The third-order valence-corrected chi connectivity index (χ3v) is 3.46. The molecule has 0 aromatic heterocycles. The number of primary amides is 1. The summed E-state index contributed by atoms with van der Waals surface area (Å²) in [5.41, 5.74) is 7.59. The molecule has 2 amide bonds. The molecule has 2 rings (SSSR count). The van der Waals surface area contributed by atoms with Gasteiger partial charge in [0, 0.05) is 19.5 Å². The highest BCUT2D eigenvalue weighted by molar-refractivity contribution is 5.88. The van der Waals surface area contributed by atoms with Crippen LogP contribution < -0.4 is 11.1 Å². The molecule has 1 aliphatic rings. The van der Waals surface area contributed by atoms with Gasteiger partial charge in [-0.25, -0.2) is 0 Å². The minimum absolute atomic E-state index is 0.120. The van der Waals surface area contributed by atoms with E-state index in [4.69, 9.17) is 5.73 Å². The quantitative estimate of drug-likeness (QED) is 0.594. The largest absolute Gasteiger partial charge is 0.368 e. The Morgan fingerprint density at radius 3 is 2.75 bits per heavy atom. The summed E-state index contributed by atoms with van der Waals surface area (Å²) < 4.78 is 0. The van der Waals surface area contributed by atoms with E-state index >= 15 is 0 Å². The van der Waals surface area contributed by atoms with Gasteiger partial charge in [-0.05, 0) is 11.1 Å². The molecule has 1 aromatic rings. The monoisotopic (exact) mass is 273 g/mol. The van der Waals surface area contributed by atoms with Gasteiger partial charge >= 0.3 is 0 Å². The molecule has 0 fully saturated rings. The first-order chi connectivity index (χ1) is 9.63. The second-order valence-corrected chi connectivity index (χ2v) is 4.83. The van der Waals surface area contributed by atoms with E-state index in [9.17, 15) is 9.59 Å². The summed E-state index contributed by atoms with van der Waals surface area (Å²) in [5, 5.41) is 2.95. The van der Waals surface area contributed by atoms with E-state index in [1.54, 1.807) is 11.0 Å². The van der Waals surface area contributed by atoms with Crippen LogP contribution in [0.5, 0.6) is 0 Å². The first-order valence-corrected chi connectivity index (χ1v) is 6.60. The fourth-order valence-corrected chi connectivity index (χ4v) is 2.42. The molecular formula is C15H19N3O2. The number of hydrogen-bond donors (Lipinski definition) is 2. The van der Waals surface area contributed by atoms with Gasteiger partial charge < -0.3 is 16.0 Å². The normalized spacial score (nSPS) is 17.4. The Morgan fingerprint density at radius 1 is 1.40 bits per heavy atom. The number of amides is 2. The Kier molecular flexibility index (Phi) is 4.53. The van der Waals surface area contributed by atoms with Crippen molar-refractivity contribution in [2.45, 2.75) is 19.0 Å². The highest BCUT2D eigenvalue weighted by atomic mass is 16.2. The molecule has 0 radical (unpaired) electrons. The molecule has 0 saturated heterocycles. The maximum atomic E-state index is 12.2. The molecular weight excluding hydrogens is 254 g/mol. The van der Waals surface area contributed by atoms with Gasteiger partial charge in [0.25, 0.3) is 0 Å². The van der Waals surface area contributed by atoms with Crippen molar-refractivity contribution in [1.82, 2.24) is 10.2 Å². The lowest BCUT2D eigenvalue weighted by Gasteiger charge is -2.35. The molecule has 5 heteroatoms. The first-order valence-electron chi connectivity index (χ1n) is 6.60. The average molecular weight is 273 g/mol. The molecule has 5 nitrogen and oxygen atoms in total. The number of hydrogen-bond acceptors (Lipinski definition) is 3. The predicted octanol–water partition coefficient (Wildman–Crippen LogP) is 0.201. The average Bonchev–Trinajstić information content (AvgIpc) is 2.46. The van der Waals surface area contributed by atoms with Crippen molar-refractivity contribution in [2.24, 2.45) is 5.73 Å². The number of nitrogens with zero attached hydrogens (tertiary/aromatic N) is 1. The Bertz CT molecular complexity index is 528. The zero-order chi connectivity index (χ0) is 14.5. The van der Waals surface area contributed by atoms with Crippen molar-refractivity contribution in [3.05, 3.63) is 48.0 Å². The number of carbonyl (C=O) groups excluding carboxylic acids is 2. The lowest BCUT2D eigenvalue weighted by Crippen LogP contribution is -2.53. The molecule has 0 aliphatic carbocycles. The van der Waals surface area contributed by atoms with Crippen molar-refractivity contribution in [3.8, 4) is 0 Å².